The number of nitrogens with one attached hydrogen (secondary N) is 1. The van der Waals surface area contributed by atoms with Crippen molar-refractivity contribution in [1.29, 1.82) is 0 Å². The van der Waals surface area contributed by atoms with Crippen molar-refractivity contribution in [2.24, 2.45) is 0 Å². The minimum Gasteiger partial charge on any atom is -0.352 e. The Morgan fingerprint density at radius 2 is 1.85 bits per heavy atom. The number of amides is 1. The highest BCUT2D eigenvalue weighted by atomic mass is 32.2. The van der Waals surface area contributed by atoms with Gasteiger partial charge in [-0.3, -0.25) is 14.1 Å². The number of pyridine rings is 1. The zero-order valence-corrected chi connectivity index (χ0v) is 16.4. The Labute approximate surface area is 155 Å². The van der Waals surface area contributed by atoms with Crippen LogP contribution in [0.5, 0.6) is 0 Å². The fourth-order valence-electron chi connectivity index (χ4n) is 2.64. The number of aryl methyl sites for hydroxylation is 2. The van der Waals surface area contributed by atoms with E-state index >= 15 is 0 Å². The summed E-state index contributed by atoms with van der Waals surface area (Å²) in [6.45, 7) is 5.51. The molecule has 1 amide bonds. The Hall–Kier alpha value is -2.41. The van der Waals surface area contributed by atoms with E-state index in [1.807, 2.05) is 45.0 Å². The number of rotatable bonds is 7. The number of carbonyl (C=O) groups is 1. The van der Waals surface area contributed by atoms with Crippen LogP contribution >= 0.6 is 0 Å². The van der Waals surface area contributed by atoms with Crippen LogP contribution in [0.3, 0.4) is 0 Å². The Kier molecular flexibility index (Phi) is 6.37. The van der Waals surface area contributed by atoms with Crippen LogP contribution in [0.4, 0.5) is 5.69 Å². The Morgan fingerprint density at radius 3 is 2.42 bits per heavy atom. The van der Waals surface area contributed by atoms with Crippen LogP contribution in [-0.2, 0) is 21.2 Å². The highest BCUT2D eigenvalue weighted by Gasteiger charge is 2.21. The zero-order chi connectivity index (χ0) is 19.3. The first-order chi connectivity index (χ1) is 12.2. The van der Waals surface area contributed by atoms with Crippen LogP contribution in [0.15, 0.2) is 42.6 Å². The molecule has 140 valence electrons. The Morgan fingerprint density at radius 1 is 1.19 bits per heavy atom. The van der Waals surface area contributed by atoms with Crippen molar-refractivity contribution in [3.8, 4) is 0 Å². The number of aromatic nitrogens is 1. The molecule has 2 aromatic rings. The minimum atomic E-state index is -3.57. The van der Waals surface area contributed by atoms with Gasteiger partial charge < -0.3 is 5.32 Å². The molecule has 0 bridgehead atoms. The van der Waals surface area contributed by atoms with Gasteiger partial charge >= 0.3 is 0 Å². The van der Waals surface area contributed by atoms with Crippen molar-refractivity contribution >= 4 is 21.6 Å². The van der Waals surface area contributed by atoms with Gasteiger partial charge in [-0.05, 0) is 44.5 Å². The average Bonchev–Trinajstić information content (AvgIpc) is 2.55. The average molecular weight is 375 g/mol. The van der Waals surface area contributed by atoms with Gasteiger partial charge in [-0.15, -0.1) is 0 Å². The number of benzene rings is 1. The van der Waals surface area contributed by atoms with Crippen LogP contribution < -0.4 is 9.62 Å². The molecular formula is C19H25N3O3S. The van der Waals surface area contributed by atoms with Crippen molar-refractivity contribution < 1.29 is 13.2 Å². The Bertz CT molecular complexity index is 864. The summed E-state index contributed by atoms with van der Waals surface area (Å²) in [5, 5.41) is 2.85. The molecule has 0 aliphatic rings. The molecule has 6 nitrogen and oxygen atoms in total. The summed E-state index contributed by atoms with van der Waals surface area (Å²) < 4.78 is 25.3. The maximum Gasteiger partial charge on any atom is 0.240 e. The summed E-state index contributed by atoms with van der Waals surface area (Å²) in [4.78, 5) is 16.7. The fraction of sp³-hybridized carbons (Fsp3) is 0.368. The first-order valence-electron chi connectivity index (χ1n) is 8.41. The first kappa shape index (κ1) is 19.9. The molecule has 26 heavy (non-hydrogen) atoms. The summed E-state index contributed by atoms with van der Waals surface area (Å²) >= 11 is 0. The van der Waals surface area contributed by atoms with Crippen molar-refractivity contribution in [3.05, 3.63) is 59.4 Å². The van der Waals surface area contributed by atoms with E-state index in [-0.39, 0.29) is 18.5 Å². The topological polar surface area (TPSA) is 79.4 Å². The smallest absolute Gasteiger partial charge is 0.240 e. The molecule has 0 aliphatic heterocycles. The van der Waals surface area contributed by atoms with E-state index in [9.17, 15) is 13.2 Å². The molecular weight excluding hydrogens is 350 g/mol. The lowest BCUT2D eigenvalue weighted by Gasteiger charge is -2.23. The van der Waals surface area contributed by atoms with Crippen LogP contribution in [0.1, 0.15) is 23.7 Å². The van der Waals surface area contributed by atoms with E-state index in [0.29, 0.717) is 12.1 Å². The third-order valence-corrected chi connectivity index (χ3v) is 5.17. The molecule has 0 fully saturated rings. The van der Waals surface area contributed by atoms with Gasteiger partial charge in [0.15, 0.2) is 0 Å². The van der Waals surface area contributed by atoms with E-state index in [1.54, 1.807) is 18.3 Å². The van der Waals surface area contributed by atoms with Gasteiger partial charge in [0.1, 0.15) is 6.54 Å². The minimum absolute atomic E-state index is 0.157. The maximum atomic E-state index is 12.4. The third-order valence-electron chi connectivity index (χ3n) is 4.03. The van der Waals surface area contributed by atoms with E-state index in [0.717, 1.165) is 27.4 Å². The van der Waals surface area contributed by atoms with Crippen LogP contribution in [0.2, 0.25) is 0 Å². The maximum absolute atomic E-state index is 12.4. The quantitative estimate of drug-likeness (QED) is 0.805. The van der Waals surface area contributed by atoms with Crippen molar-refractivity contribution in [2.45, 2.75) is 33.2 Å². The Balaban J connectivity index is 2.05. The molecule has 0 unspecified atom stereocenters. The lowest BCUT2D eigenvalue weighted by molar-refractivity contribution is -0.120. The molecule has 1 aromatic carbocycles. The number of anilines is 1. The van der Waals surface area contributed by atoms with E-state index in [4.69, 9.17) is 0 Å². The predicted octanol–water partition coefficient (Wildman–Crippen LogP) is 2.21. The lowest BCUT2D eigenvalue weighted by atomic mass is 10.1. The second-order valence-electron chi connectivity index (χ2n) is 6.54. The van der Waals surface area contributed by atoms with Crippen LogP contribution in [0, 0.1) is 13.8 Å². The number of hydrogen-bond donors (Lipinski definition) is 1. The highest BCUT2D eigenvalue weighted by molar-refractivity contribution is 7.92. The van der Waals surface area contributed by atoms with Crippen molar-refractivity contribution in [3.63, 3.8) is 0 Å². The normalized spacial score (nSPS) is 12.5. The molecule has 1 N–H and O–H groups in total. The number of hydrogen-bond acceptors (Lipinski definition) is 4. The number of nitrogens with zero attached hydrogens (tertiary/aromatic N) is 2. The van der Waals surface area contributed by atoms with E-state index in [1.165, 1.54) is 0 Å². The monoisotopic (exact) mass is 375 g/mol. The zero-order valence-electron chi connectivity index (χ0n) is 15.6. The number of carbonyl (C=O) groups excluding carboxylic acids is 1. The summed E-state index contributed by atoms with van der Waals surface area (Å²) in [5.41, 5.74) is 3.47. The highest BCUT2D eigenvalue weighted by Crippen LogP contribution is 2.18. The van der Waals surface area contributed by atoms with Crippen molar-refractivity contribution in [1.82, 2.24) is 10.3 Å². The van der Waals surface area contributed by atoms with Crippen LogP contribution in [0.25, 0.3) is 0 Å². The lowest BCUT2D eigenvalue weighted by Crippen LogP contribution is -2.44. The summed E-state index contributed by atoms with van der Waals surface area (Å²) in [5.74, 6) is -0.350. The second-order valence-corrected chi connectivity index (χ2v) is 8.45. The predicted molar refractivity (Wildman–Crippen MR) is 104 cm³/mol. The van der Waals surface area contributed by atoms with Crippen LogP contribution in [-0.4, -0.2) is 38.2 Å². The standard InChI is InChI=1S/C19H25N3O3S/c1-14-7-9-17(10-8-14)22(26(4,24)25)13-19(23)21-16(3)12-18-15(2)6-5-11-20-18/h5-11,16H,12-13H2,1-4H3,(H,21,23)/t16-/m0/s1. The molecule has 0 radical (unpaired) electrons. The molecule has 7 heteroatoms. The second kappa shape index (κ2) is 8.31. The van der Waals surface area contributed by atoms with Crippen molar-refractivity contribution in [2.75, 3.05) is 17.1 Å². The van der Waals surface area contributed by atoms with Gasteiger partial charge in [-0.1, -0.05) is 23.8 Å². The summed E-state index contributed by atoms with van der Waals surface area (Å²) in [6, 6.07) is 10.7. The van der Waals surface area contributed by atoms with E-state index in [2.05, 4.69) is 10.3 Å². The summed E-state index contributed by atoms with van der Waals surface area (Å²) in [7, 11) is -3.57. The molecule has 0 spiro atoms. The third kappa shape index (κ3) is 5.56. The molecule has 2 rings (SSSR count). The summed E-state index contributed by atoms with van der Waals surface area (Å²) in [6.07, 6.45) is 3.41. The molecule has 1 heterocycles. The van der Waals surface area contributed by atoms with Gasteiger partial charge in [0.25, 0.3) is 0 Å². The van der Waals surface area contributed by atoms with Gasteiger partial charge in [0.2, 0.25) is 15.9 Å². The molecule has 1 aromatic heterocycles. The molecule has 1 atom stereocenters. The molecule has 0 saturated heterocycles. The first-order valence-corrected chi connectivity index (χ1v) is 10.3. The van der Waals surface area contributed by atoms with Gasteiger partial charge in [0.05, 0.1) is 11.9 Å². The largest absolute Gasteiger partial charge is 0.352 e. The SMILES string of the molecule is Cc1ccc(N(CC(=O)N[C@@H](C)Cc2ncccc2C)S(C)(=O)=O)cc1. The molecule has 0 aliphatic carbocycles. The fourth-order valence-corrected chi connectivity index (χ4v) is 3.49. The van der Waals surface area contributed by atoms with Gasteiger partial charge in [-0.2, -0.15) is 0 Å². The van der Waals surface area contributed by atoms with Gasteiger partial charge in [-0.25, -0.2) is 8.42 Å². The van der Waals surface area contributed by atoms with Gasteiger partial charge in [0, 0.05) is 24.4 Å². The number of sulfonamides is 1. The molecule has 0 saturated carbocycles. The van der Waals surface area contributed by atoms with E-state index < -0.39 is 10.0 Å².